The van der Waals surface area contributed by atoms with Crippen molar-refractivity contribution in [2.45, 2.75) is 18.4 Å². The van der Waals surface area contributed by atoms with E-state index in [0.29, 0.717) is 6.54 Å². The summed E-state index contributed by atoms with van der Waals surface area (Å²) < 4.78 is 0. The summed E-state index contributed by atoms with van der Waals surface area (Å²) in [5.74, 6) is -0.503. The van der Waals surface area contributed by atoms with Crippen LogP contribution >= 0.6 is 0 Å². The van der Waals surface area contributed by atoms with Crippen LogP contribution in [0.3, 0.4) is 0 Å². The molecule has 2 N–H and O–H groups in total. The summed E-state index contributed by atoms with van der Waals surface area (Å²) in [4.78, 5) is 32.5. The number of nitrogens with zero attached hydrogens (tertiary/aromatic N) is 3. The molecular formula is C19H20N4O2. The van der Waals surface area contributed by atoms with Crippen LogP contribution < -0.4 is 10.6 Å². The van der Waals surface area contributed by atoms with Gasteiger partial charge in [0.1, 0.15) is 6.54 Å². The van der Waals surface area contributed by atoms with Gasteiger partial charge in [0, 0.05) is 31.2 Å². The molecule has 0 saturated carbocycles. The Labute approximate surface area is 146 Å². The maximum Gasteiger partial charge on any atom is 0.239 e. The molecule has 2 amide bonds. The average molecular weight is 336 g/mol. The molecule has 0 bridgehead atoms. The van der Waals surface area contributed by atoms with Crippen LogP contribution in [-0.4, -0.2) is 41.3 Å². The minimum atomic E-state index is -0.570. The number of hydrogen-bond donors (Lipinski definition) is 1. The molecule has 0 radical (unpaired) electrons. The van der Waals surface area contributed by atoms with Crippen molar-refractivity contribution in [1.82, 2.24) is 9.88 Å². The van der Waals surface area contributed by atoms with E-state index in [-0.39, 0.29) is 12.5 Å². The van der Waals surface area contributed by atoms with Gasteiger partial charge in [-0.05, 0) is 42.3 Å². The van der Waals surface area contributed by atoms with Gasteiger partial charge >= 0.3 is 0 Å². The third-order valence-corrected chi connectivity index (χ3v) is 5.18. The lowest BCUT2D eigenvalue weighted by Crippen LogP contribution is -2.45. The van der Waals surface area contributed by atoms with Gasteiger partial charge in [-0.25, -0.2) is 0 Å². The van der Waals surface area contributed by atoms with Gasteiger partial charge in [0.15, 0.2) is 0 Å². The number of aromatic nitrogens is 1. The Morgan fingerprint density at radius 1 is 1.20 bits per heavy atom. The van der Waals surface area contributed by atoms with E-state index in [2.05, 4.69) is 9.88 Å². The number of primary amides is 1. The molecule has 3 heterocycles. The predicted octanol–water partition coefficient (Wildman–Crippen LogP) is 1.06. The van der Waals surface area contributed by atoms with Crippen LogP contribution in [0.5, 0.6) is 0 Å². The Hall–Kier alpha value is -2.73. The van der Waals surface area contributed by atoms with Gasteiger partial charge in [-0.15, -0.1) is 0 Å². The minimum Gasteiger partial charge on any atom is -0.368 e. The maximum atomic E-state index is 13.2. The van der Waals surface area contributed by atoms with Crippen LogP contribution in [0.15, 0.2) is 48.8 Å². The topological polar surface area (TPSA) is 79.5 Å². The second kappa shape index (κ2) is 5.97. The lowest BCUT2D eigenvalue weighted by atomic mass is 9.81. The lowest BCUT2D eigenvalue weighted by Gasteiger charge is -2.24. The van der Waals surface area contributed by atoms with Crippen molar-refractivity contribution in [3.05, 3.63) is 59.9 Å². The Balaban J connectivity index is 1.63. The Bertz CT molecular complexity index is 823. The number of pyridine rings is 1. The Morgan fingerprint density at radius 2 is 1.96 bits per heavy atom. The number of fused-ring (bicyclic) bond motifs is 2. The highest BCUT2D eigenvalue weighted by atomic mass is 16.2. The summed E-state index contributed by atoms with van der Waals surface area (Å²) in [7, 11) is 0. The number of benzene rings is 1. The third kappa shape index (κ3) is 2.59. The second-order valence-corrected chi connectivity index (χ2v) is 6.77. The van der Waals surface area contributed by atoms with Crippen LogP contribution in [0.2, 0.25) is 0 Å². The van der Waals surface area contributed by atoms with Gasteiger partial charge in [-0.3, -0.25) is 19.5 Å². The number of hydrogen-bond acceptors (Lipinski definition) is 4. The summed E-state index contributed by atoms with van der Waals surface area (Å²) in [6.07, 6.45) is 4.32. The van der Waals surface area contributed by atoms with Crippen molar-refractivity contribution in [3.63, 3.8) is 0 Å². The largest absolute Gasteiger partial charge is 0.368 e. The lowest BCUT2D eigenvalue weighted by molar-refractivity contribution is -0.125. The molecule has 128 valence electrons. The number of likely N-dealkylation sites (tertiary alicyclic amines) is 1. The highest BCUT2D eigenvalue weighted by Gasteiger charge is 2.54. The van der Waals surface area contributed by atoms with Gasteiger partial charge in [0.2, 0.25) is 11.8 Å². The molecule has 2 aliphatic rings. The fraction of sp³-hybridized carbons (Fsp3) is 0.316. The number of anilines is 1. The fourth-order valence-electron chi connectivity index (χ4n) is 4.07. The van der Waals surface area contributed by atoms with Gasteiger partial charge in [0.05, 0.1) is 5.41 Å². The molecule has 6 nitrogen and oxygen atoms in total. The van der Waals surface area contributed by atoms with Crippen molar-refractivity contribution in [1.29, 1.82) is 0 Å². The molecule has 1 aromatic heterocycles. The van der Waals surface area contributed by atoms with Crippen molar-refractivity contribution < 1.29 is 9.59 Å². The average Bonchev–Trinajstić information content (AvgIpc) is 3.13. The van der Waals surface area contributed by atoms with Gasteiger partial charge in [0.25, 0.3) is 0 Å². The summed E-state index contributed by atoms with van der Waals surface area (Å²) in [5, 5.41) is 0. The molecule has 1 unspecified atom stereocenters. The van der Waals surface area contributed by atoms with Crippen LogP contribution in [0.1, 0.15) is 17.5 Å². The number of carbonyl (C=O) groups is 2. The zero-order valence-corrected chi connectivity index (χ0v) is 13.9. The zero-order chi connectivity index (χ0) is 17.4. The third-order valence-electron chi connectivity index (χ3n) is 5.18. The summed E-state index contributed by atoms with van der Waals surface area (Å²) in [5.41, 5.74) is 7.80. The van der Waals surface area contributed by atoms with Gasteiger partial charge in [-0.1, -0.05) is 18.2 Å². The van der Waals surface area contributed by atoms with E-state index in [4.69, 9.17) is 5.73 Å². The van der Waals surface area contributed by atoms with Crippen molar-refractivity contribution >= 4 is 17.5 Å². The Kier molecular flexibility index (Phi) is 3.77. The van der Waals surface area contributed by atoms with Gasteiger partial charge in [-0.2, -0.15) is 0 Å². The first-order chi connectivity index (χ1) is 12.1. The molecule has 1 fully saturated rings. The number of carbonyl (C=O) groups excluding carboxylic acids is 2. The summed E-state index contributed by atoms with van der Waals surface area (Å²) in [6.45, 7) is 2.21. The second-order valence-electron chi connectivity index (χ2n) is 6.77. The van der Waals surface area contributed by atoms with E-state index >= 15 is 0 Å². The quantitative estimate of drug-likeness (QED) is 0.905. The van der Waals surface area contributed by atoms with Crippen LogP contribution in [0.25, 0.3) is 0 Å². The van der Waals surface area contributed by atoms with E-state index in [1.54, 1.807) is 17.3 Å². The van der Waals surface area contributed by atoms with E-state index < -0.39 is 11.3 Å². The smallest absolute Gasteiger partial charge is 0.239 e. The number of para-hydroxylation sites is 1. The van der Waals surface area contributed by atoms with E-state index in [1.807, 2.05) is 36.4 Å². The highest BCUT2D eigenvalue weighted by molar-refractivity contribution is 6.11. The molecule has 2 aliphatic heterocycles. The first kappa shape index (κ1) is 15.8. The standard InChI is InChI=1S/C19H20N4O2/c20-17(24)12-23-16-4-2-1-3-15(16)19(18(23)25)7-10-22(13-19)11-14-5-8-21-9-6-14/h1-6,8-9H,7,10-13H2,(H2,20,24). The fourth-order valence-corrected chi connectivity index (χ4v) is 4.07. The molecule has 2 aromatic rings. The summed E-state index contributed by atoms with van der Waals surface area (Å²) >= 11 is 0. The summed E-state index contributed by atoms with van der Waals surface area (Å²) in [6, 6.07) is 11.7. The van der Waals surface area contributed by atoms with Crippen LogP contribution in [-0.2, 0) is 21.5 Å². The first-order valence-corrected chi connectivity index (χ1v) is 8.41. The van der Waals surface area contributed by atoms with E-state index in [1.165, 1.54) is 5.56 Å². The first-order valence-electron chi connectivity index (χ1n) is 8.41. The number of rotatable bonds is 4. The van der Waals surface area contributed by atoms with E-state index in [9.17, 15) is 9.59 Å². The van der Waals surface area contributed by atoms with Crippen LogP contribution in [0, 0.1) is 0 Å². The van der Waals surface area contributed by atoms with E-state index in [0.717, 1.165) is 30.8 Å². The zero-order valence-electron chi connectivity index (χ0n) is 13.9. The highest BCUT2D eigenvalue weighted by Crippen LogP contribution is 2.47. The molecule has 1 aromatic carbocycles. The molecule has 6 heteroatoms. The molecular weight excluding hydrogens is 316 g/mol. The minimum absolute atomic E-state index is 0.00951. The molecule has 1 saturated heterocycles. The normalized spacial score (nSPS) is 22.6. The predicted molar refractivity (Wildman–Crippen MR) is 93.8 cm³/mol. The van der Waals surface area contributed by atoms with Crippen molar-refractivity contribution in [2.75, 3.05) is 24.5 Å². The van der Waals surface area contributed by atoms with Crippen LogP contribution in [0.4, 0.5) is 5.69 Å². The van der Waals surface area contributed by atoms with Crippen molar-refractivity contribution in [2.24, 2.45) is 5.73 Å². The molecule has 1 spiro atoms. The SMILES string of the molecule is NC(=O)CN1C(=O)C2(CCN(Cc3ccncc3)C2)c2ccccc21. The molecule has 4 rings (SSSR count). The number of amides is 2. The maximum absolute atomic E-state index is 13.2. The molecule has 1 atom stereocenters. The Morgan fingerprint density at radius 3 is 2.72 bits per heavy atom. The molecule has 25 heavy (non-hydrogen) atoms. The van der Waals surface area contributed by atoms with Crippen molar-refractivity contribution in [3.8, 4) is 0 Å². The number of nitrogens with two attached hydrogens (primary N) is 1. The molecule has 0 aliphatic carbocycles. The monoisotopic (exact) mass is 336 g/mol. The van der Waals surface area contributed by atoms with Gasteiger partial charge < -0.3 is 10.6 Å².